The maximum Gasteiger partial charge on any atom is 0.188 e. The number of aromatic nitrogens is 18. The molecule has 0 unspecified atom stereocenters. The lowest BCUT2D eigenvalue weighted by molar-refractivity contribution is 0.0511. The predicted molar refractivity (Wildman–Crippen MR) is 401 cm³/mol. The van der Waals surface area contributed by atoms with Crippen LogP contribution in [0.3, 0.4) is 0 Å². The third-order valence-corrected chi connectivity index (χ3v) is 16.7. The highest BCUT2D eigenvalue weighted by Crippen LogP contribution is 2.34. The van der Waals surface area contributed by atoms with Crippen LogP contribution in [0, 0.1) is 0 Å². The molecular weight excluding hydrogens is 1480 g/mol. The number of aromatic hydroxyl groups is 1. The second-order valence-electron chi connectivity index (χ2n) is 27.4. The lowest BCUT2D eigenvalue weighted by Gasteiger charge is -2.26. The fourth-order valence-corrected chi connectivity index (χ4v) is 12.2. The third-order valence-electron chi connectivity index (χ3n) is 15.6. The largest absolute Gasteiger partial charge is 0.506 e. The van der Waals surface area contributed by atoms with E-state index in [1.807, 2.05) is 42.5 Å². The molecule has 550 valence electrons. The molecule has 3 fully saturated rings. The number of pyridine rings is 4. The Balaban J connectivity index is 0.000000151. The Bertz CT molecular complexity index is 4310. The number of methoxy groups -OCH3 is 3. The van der Waals surface area contributed by atoms with Gasteiger partial charge in [0, 0.05) is 129 Å². The highest BCUT2D eigenvalue weighted by molar-refractivity contribution is 9.10. The van der Waals surface area contributed by atoms with Gasteiger partial charge in [-0.05, 0) is 174 Å². The van der Waals surface area contributed by atoms with Gasteiger partial charge in [0.05, 0.1) is 37.2 Å². The molecule has 0 aromatic carbocycles. The number of hydrogen-bond acceptors (Lipinski definition) is 29. The van der Waals surface area contributed by atoms with Gasteiger partial charge in [0.2, 0.25) is 0 Å². The number of halogens is 3. The van der Waals surface area contributed by atoms with E-state index in [2.05, 4.69) is 206 Å². The monoisotopic (exact) mass is 1570 g/mol. The van der Waals surface area contributed by atoms with Crippen LogP contribution in [0.5, 0.6) is 23.0 Å². The Labute approximate surface area is 625 Å². The summed E-state index contributed by atoms with van der Waals surface area (Å²) in [6.45, 7) is 25.7. The molecule has 10 aromatic rings. The lowest BCUT2D eigenvalue weighted by atomic mass is 10.1. The molecule has 0 amide bonds. The topological polar surface area (TPSA) is 338 Å². The van der Waals surface area contributed by atoms with Crippen molar-refractivity contribution in [2.24, 2.45) is 0 Å². The first-order valence-electron chi connectivity index (χ1n) is 33.6. The van der Waals surface area contributed by atoms with Crippen LogP contribution in [0.1, 0.15) is 81.6 Å². The summed E-state index contributed by atoms with van der Waals surface area (Å²) in [4.78, 5) is 27.1. The first-order chi connectivity index (χ1) is 49.9. The van der Waals surface area contributed by atoms with Crippen molar-refractivity contribution in [2.75, 3.05) is 95.7 Å². The van der Waals surface area contributed by atoms with Crippen LogP contribution in [0.2, 0.25) is 5.15 Å². The quantitative estimate of drug-likeness (QED) is 0.0486. The number of rotatable bonds is 21. The maximum atomic E-state index is 10.3. The Morgan fingerprint density at radius 3 is 1.09 bits per heavy atom. The number of anilines is 3. The van der Waals surface area contributed by atoms with E-state index < -0.39 is 0 Å². The summed E-state index contributed by atoms with van der Waals surface area (Å²) in [7, 11) is 4.70. The van der Waals surface area contributed by atoms with E-state index in [0.717, 1.165) is 84.9 Å². The minimum absolute atomic E-state index is 0.00691. The van der Waals surface area contributed by atoms with Crippen LogP contribution >= 0.6 is 43.5 Å². The molecule has 0 saturated carbocycles. The van der Waals surface area contributed by atoms with Crippen molar-refractivity contribution < 1.29 is 33.5 Å². The van der Waals surface area contributed by atoms with Crippen molar-refractivity contribution in [2.45, 2.75) is 116 Å². The van der Waals surface area contributed by atoms with Gasteiger partial charge >= 0.3 is 0 Å². The van der Waals surface area contributed by atoms with Gasteiger partial charge in [0.25, 0.3) is 0 Å². The molecule has 104 heavy (non-hydrogen) atoms. The first-order valence-corrected chi connectivity index (χ1v) is 35.5. The summed E-state index contributed by atoms with van der Waals surface area (Å²) >= 11 is 12.4. The first kappa shape index (κ1) is 77.4. The molecule has 34 heteroatoms. The smallest absolute Gasteiger partial charge is 0.188 e. The van der Waals surface area contributed by atoms with Gasteiger partial charge in [0.1, 0.15) is 62.7 Å². The molecular formula is C70H87Br2ClN24O7. The van der Waals surface area contributed by atoms with Crippen LogP contribution in [0.4, 0.5) is 17.5 Å². The van der Waals surface area contributed by atoms with Gasteiger partial charge < -0.3 is 64.2 Å². The molecule has 3 aliphatic heterocycles. The zero-order valence-corrected chi connectivity index (χ0v) is 64.1. The summed E-state index contributed by atoms with van der Waals surface area (Å²) in [5, 5.41) is 72.0. The molecule has 13 rings (SSSR count). The zero-order valence-electron chi connectivity index (χ0n) is 60.2. The Hall–Kier alpha value is -9.19. The van der Waals surface area contributed by atoms with E-state index in [1.54, 1.807) is 101 Å². The minimum atomic E-state index is 0.00691. The van der Waals surface area contributed by atoms with Gasteiger partial charge in [-0.3, -0.25) is 0 Å². The van der Waals surface area contributed by atoms with Gasteiger partial charge in [-0.2, -0.15) is 20.4 Å². The van der Waals surface area contributed by atoms with E-state index in [0.29, 0.717) is 97.5 Å². The van der Waals surface area contributed by atoms with Crippen LogP contribution < -0.4 is 44.9 Å². The lowest BCUT2D eigenvalue weighted by Crippen LogP contribution is -2.45. The second kappa shape index (κ2) is 36.0. The van der Waals surface area contributed by atoms with Crippen LogP contribution in [0.25, 0.3) is 56.9 Å². The second-order valence-corrected chi connectivity index (χ2v) is 29.7. The van der Waals surface area contributed by atoms with Crippen LogP contribution in [-0.4, -0.2) is 212 Å². The highest BCUT2D eigenvalue weighted by atomic mass is 79.9. The molecule has 0 aliphatic carbocycles. The standard InChI is InChI=1S/C21H28N8O2.C19H26BrN5O2.C19H24N8O.C11H9BrClN3O2/c1-21(2,3)25-15-7-10-28(13-15)19-6-5-17(26-27-19)20-18(31-14-30-4)11-16(12-22-20)29-23-8-9-24-29;1-19(2,3)22-14-7-8-25(11-14)17-6-5-15(23-24-17)18-16(27-12-26-4)9-13(20)10-21-18;1-19(2,3)23-13-6-9-26(12-13)17-5-4-15(24-25-17)18-16(28)10-14(11-20-18)27-21-7-8-22-27;1-17-6-18-9-4-7(12)5-14-11(9)8-2-3-10(13)16-15-8/h5-6,8-9,11-12,15,25H,7,10,13-14H2,1-4H3;5-6,9-10,14,22H,7-8,11-12H2,1-4H3;4-5,7-8,10-11,13,23,28H,6,9,12H2,1-3H3;2-5H,6H2,1H3/t15-;14-;13-;/m111./s1. The van der Waals surface area contributed by atoms with Crippen LogP contribution in [-0.2, 0) is 14.2 Å². The molecule has 31 nitrogen and oxygen atoms in total. The Morgan fingerprint density at radius 2 is 0.760 bits per heavy atom. The third kappa shape index (κ3) is 22.4. The number of nitrogens with one attached hydrogen (secondary N) is 3. The van der Waals surface area contributed by atoms with Gasteiger partial charge in [-0.25, -0.2) is 19.9 Å². The van der Waals surface area contributed by atoms with Crippen molar-refractivity contribution in [3.05, 3.63) is 136 Å². The summed E-state index contributed by atoms with van der Waals surface area (Å²) in [6, 6.07) is 23.3. The average molecular weight is 1570 g/mol. The van der Waals surface area contributed by atoms with Crippen molar-refractivity contribution >= 4 is 60.9 Å². The highest BCUT2D eigenvalue weighted by Gasteiger charge is 2.30. The SMILES string of the molecule is CC(C)(C)N[C@@H]1CCN(c2ccc(-c3ncc(-n4nccn4)cc3O)nn2)C1.COCOc1cc(-n2nccn2)cnc1-c1ccc(N2CC[C@@H](NC(C)(C)C)C2)nn1.COCOc1cc(Br)cnc1-c1ccc(Cl)nn1.COCOc1cc(Br)cnc1-c1ccc(N2CC[C@@H](NC(C)(C)C)C2)nn1. The fraction of sp³-hybridized carbons (Fsp3) is 0.429. The summed E-state index contributed by atoms with van der Waals surface area (Å²) in [5.74, 6) is 4.26. The molecule has 3 aliphatic rings. The number of ether oxygens (including phenoxy) is 6. The predicted octanol–water partition coefficient (Wildman–Crippen LogP) is 10.0. The zero-order chi connectivity index (χ0) is 74.0. The van der Waals surface area contributed by atoms with Crippen LogP contribution in [0.15, 0.2) is 131 Å². The minimum Gasteiger partial charge on any atom is -0.506 e. The molecule has 0 spiro atoms. The molecule has 0 radical (unpaired) electrons. The molecule has 3 saturated heterocycles. The molecule has 4 N–H and O–H groups in total. The molecule has 3 atom stereocenters. The van der Waals surface area contributed by atoms with Crippen molar-refractivity contribution in [3.63, 3.8) is 0 Å². The Morgan fingerprint density at radius 1 is 0.433 bits per heavy atom. The molecule has 13 heterocycles. The van der Waals surface area contributed by atoms with E-state index in [1.165, 1.54) is 9.59 Å². The van der Waals surface area contributed by atoms with Gasteiger partial charge in [-0.1, -0.05) is 11.6 Å². The summed E-state index contributed by atoms with van der Waals surface area (Å²) < 4.78 is 33.3. The normalized spacial score (nSPS) is 15.9. The summed E-state index contributed by atoms with van der Waals surface area (Å²) in [5.41, 5.74) is 6.13. The van der Waals surface area contributed by atoms with Gasteiger partial charge in [-0.15, -0.1) is 50.4 Å². The van der Waals surface area contributed by atoms with E-state index in [9.17, 15) is 5.11 Å². The van der Waals surface area contributed by atoms with Crippen molar-refractivity contribution in [3.8, 4) is 79.9 Å². The fourth-order valence-electron chi connectivity index (χ4n) is 11.5. The maximum absolute atomic E-state index is 10.3. The van der Waals surface area contributed by atoms with E-state index in [4.69, 9.17) is 40.0 Å². The van der Waals surface area contributed by atoms with E-state index in [-0.39, 0.29) is 42.7 Å². The summed E-state index contributed by atoms with van der Waals surface area (Å²) in [6.07, 6.45) is 16.2. The van der Waals surface area contributed by atoms with Crippen molar-refractivity contribution in [1.29, 1.82) is 0 Å². The number of hydrogen-bond donors (Lipinski definition) is 4. The number of nitrogens with zero attached hydrogens (tertiary/aromatic N) is 21. The van der Waals surface area contributed by atoms with Gasteiger partial charge in [0.15, 0.2) is 60.2 Å². The van der Waals surface area contributed by atoms with Crippen molar-refractivity contribution in [1.82, 2.24) is 107 Å². The molecule has 10 aromatic heterocycles. The van der Waals surface area contributed by atoms with E-state index >= 15 is 0 Å². The average Bonchev–Trinajstić information content (AvgIpc) is 1.31. The Kier molecular flexibility index (Phi) is 26.8. The molecule has 0 bridgehead atoms.